The Morgan fingerprint density at radius 3 is 2.20 bits per heavy atom. The molecule has 2 aliphatic heterocycles. The average Bonchev–Trinajstić information content (AvgIpc) is 2.40. The molecule has 2 heterocycles. The lowest BCUT2D eigenvalue weighted by molar-refractivity contribution is -0.266. The van der Waals surface area contributed by atoms with Crippen molar-refractivity contribution in [1.29, 1.82) is 0 Å². The Bertz CT molecular complexity index is 469. The first-order valence-electron chi connectivity index (χ1n) is 7.54. The highest BCUT2D eigenvalue weighted by molar-refractivity contribution is 5.43. The van der Waals surface area contributed by atoms with Crippen LogP contribution in [-0.4, -0.2) is 33.2 Å². The van der Waals surface area contributed by atoms with Crippen molar-refractivity contribution in [2.75, 3.05) is 26.9 Å². The molecular weight excluding hydrogens is 252 g/mol. The van der Waals surface area contributed by atoms with E-state index in [9.17, 15) is 0 Å². The molecule has 2 aliphatic rings. The molecule has 110 valence electrons. The van der Waals surface area contributed by atoms with Crippen LogP contribution in [0.15, 0.2) is 24.3 Å². The van der Waals surface area contributed by atoms with E-state index in [0.717, 1.165) is 32.7 Å². The van der Waals surface area contributed by atoms with Crippen molar-refractivity contribution in [1.82, 2.24) is 0 Å². The summed E-state index contributed by atoms with van der Waals surface area (Å²) in [7, 11) is 1.74. The Balaban J connectivity index is 2.06. The summed E-state index contributed by atoms with van der Waals surface area (Å²) >= 11 is 0. The van der Waals surface area contributed by atoms with Gasteiger partial charge in [0.05, 0.1) is 25.2 Å². The molecule has 0 aliphatic carbocycles. The maximum atomic E-state index is 5.64. The van der Waals surface area contributed by atoms with E-state index < -0.39 is 0 Å². The third-order valence-electron chi connectivity index (χ3n) is 5.26. The van der Waals surface area contributed by atoms with E-state index in [4.69, 9.17) is 14.2 Å². The second-order valence-electron chi connectivity index (χ2n) is 6.06. The molecule has 20 heavy (non-hydrogen) atoms. The summed E-state index contributed by atoms with van der Waals surface area (Å²) in [6, 6.07) is 8.79. The molecule has 2 atom stereocenters. The molecule has 1 aromatic rings. The number of benzene rings is 1. The maximum absolute atomic E-state index is 5.64. The molecule has 0 spiro atoms. The first-order chi connectivity index (χ1) is 9.72. The van der Waals surface area contributed by atoms with Crippen molar-refractivity contribution in [3.8, 4) is 0 Å². The molecule has 0 aromatic heterocycles. The molecule has 0 N–H and O–H groups in total. The zero-order valence-electron chi connectivity index (χ0n) is 12.6. The summed E-state index contributed by atoms with van der Waals surface area (Å²) in [6.07, 6.45) is 2.02. The SMILES string of the molecule is CCC1(c2ccccc2C2(CC)COC2OC)COC1. The Morgan fingerprint density at radius 2 is 1.80 bits per heavy atom. The van der Waals surface area contributed by atoms with Gasteiger partial charge in [0, 0.05) is 12.5 Å². The summed E-state index contributed by atoms with van der Waals surface area (Å²) in [5.41, 5.74) is 3.02. The summed E-state index contributed by atoms with van der Waals surface area (Å²) in [5.74, 6) is 0. The minimum Gasteiger partial charge on any atom is -0.379 e. The van der Waals surface area contributed by atoms with E-state index in [0.29, 0.717) is 0 Å². The van der Waals surface area contributed by atoms with Crippen molar-refractivity contribution in [3.63, 3.8) is 0 Å². The van der Waals surface area contributed by atoms with E-state index in [1.807, 2.05) is 0 Å². The zero-order chi connectivity index (χ0) is 14.2. The number of methoxy groups -OCH3 is 1. The topological polar surface area (TPSA) is 27.7 Å². The lowest BCUT2D eigenvalue weighted by Crippen LogP contribution is -2.58. The maximum Gasteiger partial charge on any atom is 0.169 e. The second kappa shape index (κ2) is 5.14. The van der Waals surface area contributed by atoms with Gasteiger partial charge < -0.3 is 14.2 Å². The van der Waals surface area contributed by atoms with E-state index >= 15 is 0 Å². The summed E-state index contributed by atoms with van der Waals surface area (Å²) < 4.78 is 16.7. The van der Waals surface area contributed by atoms with E-state index in [1.165, 1.54) is 11.1 Å². The van der Waals surface area contributed by atoms with Gasteiger partial charge >= 0.3 is 0 Å². The highest BCUT2D eigenvalue weighted by Gasteiger charge is 2.52. The fourth-order valence-corrected chi connectivity index (χ4v) is 3.59. The smallest absolute Gasteiger partial charge is 0.169 e. The molecule has 3 rings (SSSR count). The van der Waals surface area contributed by atoms with Gasteiger partial charge in [0.1, 0.15) is 0 Å². The molecule has 0 saturated carbocycles. The Labute approximate surface area is 121 Å². The Kier molecular flexibility index (Phi) is 3.61. The normalized spacial score (nSPS) is 31.4. The Hall–Kier alpha value is -0.900. The van der Waals surface area contributed by atoms with Gasteiger partial charge in [0.2, 0.25) is 0 Å². The standard InChI is InChI=1S/C17H24O3/c1-4-16(10-19-11-16)13-8-6-7-9-14(13)17(5-2)12-20-15(17)18-3/h6-9,15H,4-5,10-12H2,1-3H3. The second-order valence-corrected chi connectivity index (χ2v) is 6.06. The summed E-state index contributed by atoms with van der Waals surface area (Å²) in [6.45, 7) is 6.89. The van der Waals surface area contributed by atoms with Crippen LogP contribution >= 0.6 is 0 Å². The van der Waals surface area contributed by atoms with Crippen LogP contribution in [0.1, 0.15) is 37.8 Å². The number of hydrogen-bond acceptors (Lipinski definition) is 3. The van der Waals surface area contributed by atoms with Gasteiger partial charge in [-0.1, -0.05) is 38.1 Å². The van der Waals surface area contributed by atoms with E-state index in [2.05, 4.69) is 38.1 Å². The summed E-state index contributed by atoms with van der Waals surface area (Å²) in [5, 5.41) is 0. The van der Waals surface area contributed by atoms with Crippen molar-refractivity contribution in [3.05, 3.63) is 35.4 Å². The fourth-order valence-electron chi connectivity index (χ4n) is 3.59. The number of rotatable bonds is 5. The third kappa shape index (κ3) is 1.77. The van der Waals surface area contributed by atoms with Crippen LogP contribution in [0.4, 0.5) is 0 Å². The highest BCUT2D eigenvalue weighted by atomic mass is 16.7. The van der Waals surface area contributed by atoms with Crippen LogP contribution in [-0.2, 0) is 25.0 Å². The zero-order valence-corrected chi connectivity index (χ0v) is 12.6. The van der Waals surface area contributed by atoms with E-state index in [1.54, 1.807) is 7.11 Å². The van der Waals surface area contributed by atoms with Crippen LogP contribution in [0.3, 0.4) is 0 Å². The van der Waals surface area contributed by atoms with Crippen molar-refractivity contribution in [2.24, 2.45) is 0 Å². The Morgan fingerprint density at radius 1 is 1.10 bits per heavy atom. The highest BCUT2D eigenvalue weighted by Crippen LogP contribution is 2.48. The lowest BCUT2D eigenvalue weighted by atomic mass is 9.66. The molecule has 1 aromatic carbocycles. The van der Waals surface area contributed by atoms with Gasteiger partial charge in [-0.3, -0.25) is 0 Å². The summed E-state index contributed by atoms with van der Waals surface area (Å²) in [4.78, 5) is 0. The van der Waals surface area contributed by atoms with Gasteiger partial charge in [-0.05, 0) is 24.0 Å². The predicted molar refractivity (Wildman–Crippen MR) is 77.9 cm³/mol. The molecule has 0 amide bonds. The molecule has 2 fully saturated rings. The molecule has 0 radical (unpaired) electrons. The average molecular weight is 276 g/mol. The van der Waals surface area contributed by atoms with Crippen molar-refractivity contribution < 1.29 is 14.2 Å². The van der Waals surface area contributed by atoms with Crippen LogP contribution in [0.2, 0.25) is 0 Å². The van der Waals surface area contributed by atoms with Crippen LogP contribution in [0.5, 0.6) is 0 Å². The van der Waals surface area contributed by atoms with E-state index in [-0.39, 0.29) is 17.1 Å². The van der Waals surface area contributed by atoms with Gasteiger partial charge in [0.25, 0.3) is 0 Å². The number of ether oxygens (including phenoxy) is 3. The molecule has 3 nitrogen and oxygen atoms in total. The molecule has 2 saturated heterocycles. The molecule has 3 heteroatoms. The van der Waals surface area contributed by atoms with Gasteiger partial charge in [0.15, 0.2) is 6.29 Å². The molecule has 0 bridgehead atoms. The lowest BCUT2D eigenvalue weighted by Gasteiger charge is -2.51. The largest absolute Gasteiger partial charge is 0.379 e. The minimum absolute atomic E-state index is 0.00308. The number of hydrogen-bond donors (Lipinski definition) is 0. The first-order valence-corrected chi connectivity index (χ1v) is 7.54. The minimum atomic E-state index is -0.122. The van der Waals surface area contributed by atoms with Crippen molar-refractivity contribution >= 4 is 0 Å². The van der Waals surface area contributed by atoms with Gasteiger partial charge in [-0.15, -0.1) is 0 Å². The van der Waals surface area contributed by atoms with Crippen LogP contribution in [0.25, 0.3) is 0 Å². The quantitative estimate of drug-likeness (QED) is 0.827. The fraction of sp³-hybridized carbons (Fsp3) is 0.647. The molecular formula is C17H24O3. The van der Waals surface area contributed by atoms with Crippen molar-refractivity contribution in [2.45, 2.75) is 43.8 Å². The first kappa shape index (κ1) is 14.1. The third-order valence-corrected chi connectivity index (χ3v) is 5.26. The van der Waals surface area contributed by atoms with Gasteiger partial charge in [-0.25, -0.2) is 0 Å². The predicted octanol–water partition coefficient (Wildman–Crippen LogP) is 3.02. The van der Waals surface area contributed by atoms with Crippen LogP contribution in [0, 0.1) is 0 Å². The molecule has 2 unspecified atom stereocenters. The van der Waals surface area contributed by atoms with Gasteiger partial charge in [-0.2, -0.15) is 0 Å². The van der Waals surface area contributed by atoms with Crippen LogP contribution < -0.4 is 0 Å². The monoisotopic (exact) mass is 276 g/mol.